The molecule has 186 valence electrons. The van der Waals surface area contributed by atoms with E-state index in [0.29, 0.717) is 30.2 Å². The first-order valence-corrected chi connectivity index (χ1v) is 12.9. The van der Waals surface area contributed by atoms with Crippen molar-refractivity contribution >= 4 is 11.8 Å². The molecule has 4 unspecified atom stereocenters. The van der Waals surface area contributed by atoms with E-state index in [-0.39, 0.29) is 25.0 Å². The first kappa shape index (κ1) is 24.7. The number of unbranched alkanes of at least 4 members (excludes halogenated alkanes) is 1. The largest absolute Gasteiger partial charge is 0.486 e. The second-order valence-electron chi connectivity index (χ2n) is 9.83. The average Bonchev–Trinajstić information content (AvgIpc) is 3.26. The quantitative estimate of drug-likeness (QED) is 0.515. The van der Waals surface area contributed by atoms with Crippen LogP contribution in [0.1, 0.15) is 69.8 Å². The fraction of sp³-hybridized carbons (Fsp3) is 0.630. The monoisotopic (exact) mass is 470 g/mol. The van der Waals surface area contributed by atoms with Gasteiger partial charge in [-0.15, -0.1) is 0 Å². The summed E-state index contributed by atoms with van der Waals surface area (Å²) in [7, 11) is 0. The summed E-state index contributed by atoms with van der Waals surface area (Å²) in [6, 6.07) is 6.92. The van der Waals surface area contributed by atoms with Crippen LogP contribution >= 0.6 is 0 Å². The molecule has 34 heavy (non-hydrogen) atoms. The Balaban J connectivity index is 1.69. The van der Waals surface area contributed by atoms with Gasteiger partial charge in [0.1, 0.15) is 18.0 Å². The molecule has 7 nitrogen and oxygen atoms in total. The Labute approximate surface area is 202 Å². The van der Waals surface area contributed by atoms with Gasteiger partial charge in [-0.2, -0.15) is 0 Å². The summed E-state index contributed by atoms with van der Waals surface area (Å²) in [6.45, 7) is 2.64. The Morgan fingerprint density at radius 2 is 1.94 bits per heavy atom. The predicted molar refractivity (Wildman–Crippen MR) is 129 cm³/mol. The molecule has 1 aromatic carbocycles. The van der Waals surface area contributed by atoms with Gasteiger partial charge in [-0.25, -0.2) is 0 Å². The molecular formula is C27H38N2O5. The Kier molecular flexibility index (Phi) is 8.27. The first-order chi connectivity index (χ1) is 16.5. The standard InChI is InChI=1S/C27H38N2O5/c1-2-3-13-23(31)29(17-18-9-5-4-6-10-18)21-16-20(27(33)28-14-15-30)24-19-11-7-8-12-22(19)34-26(24)25(21)32/h7-8,11-12,16,18,21,24-26,30,32H,2-6,9-10,13-15,17H2,1H3,(H,28,33). The summed E-state index contributed by atoms with van der Waals surface area (Å²) < 4.78 is 6.18. The number of benzene rings is 1. The molecule has 0 radical (unpaired) electrons. The number of hydrogen-bond donors (Lipinski definition) is 3. The van der Waals surface area contributed by atoms with Gasteiger partial charge in [0.15, 0.2) is 0 Å². The summed E-state index contributed by atoms with van der Waals surface area (Å²) in [4.78, 5) is 28.4. The van der Waals surface area contributed by atoms with Crippen LogP contribution in [0.15, 0.2) is 35.9 Å². The number of ether oxygens (including phenoxy) is 1. The van der Waals surface area contributed by atoms with E-state index >= 15 is 0 Å². The molecule has 4 atom stereocenters. The Morgan fingerprint density at radius 3 is 2.68 bits per heavy atom. The SMILES string of the molecule is CCCCC(=O)N(CC1CCCCC1)C1C=C(C(=O)NCCO)C2c3ccccc3OC2C1O. The highest BCUT2D eigenvalue weighted by Gasteiger charge is 2.50. The molecule has 1 aromatic rings. The Morgan fingerprint density at radius 1 is 1.18 bits per heavy atom. The number of rotatable bonds is 9. The molecule has 0 aromatic heterocycles. The smallest absolute Gasteiger partial charge is 0.247 e. The van der Waals surface area contributed by atoms with E-state index in [2.05, 4.69) is 12.2 Å². The Bertz CT molecular complexity index is 895. The van der Waals surface area contributed by atoms with Crippen LogP contribution in [0, 0.1) is 5.92 Å². The number of fused-ring (bicyclic) bond motifs is 3. The predicted octanol–water partition coefficient (Wildman–Crippen LogP) is 2.91. The van der Waals surface area contributed by atoms with Crippen LogP contribution < -0.4 is 10.1 Å². The lowest BCUT2D eigenvalue weighted by Gasteiger charge is -2.42. The van der Waals surface area contributed by atoms with Gasteiger partial charge in [-0.3, -0.25) is 9.59 Å². The fourth-order valence-corrected chi connectivity index (χ4v) is 5.70. The number of para-hydroxylation sites is 1. The van der Waals surface area contributed by atoms with Crippen LogP contribution in [0.2, 0.25) is 0 Å². The summed E-state index contributed by atoms with van der Waals surface area (Å²) in [5.41, 5.74) is 1.36. The van der Waals surface area contributed by atoms with Crippen molar-refractivity contribution in [3.8, 4) is 5.75 Å². The van der Waals surface area contributed by atoms with Gasteiger partial charge in [0.05, 0.1) is 18.6 Å². The molecule has 7 heteroatoms. The van der Waals surface area contributed by atoms with Crippen molar-refractivity contribution in [3.05, 3.63) is 41.5 Å². The minimum absolute atomic E-state index is 0.0248. The van der Waals surface area contributed by atoms with Gasteiger partial charge in [0, 0.05) is 30.6 Å². The molecule has 1 heterocycles. The number of aliphatic hydroxyl groups excluding tert-OH is 2. The minimum atomic E-state index is -0.944. The van der Waals surface area contributed by atoms with Crippen molar-refractivity contribution in [1.82, 2.24) is 10.2 Å². The van der Waals surface area contributed by atoms with E-state index in [9.17, 15) is 19.8 Å². The van der Waals surface area contributed by atoms with Gasteiger partial charge in [0.25, 0.3) is 0 Å². The van der Waals surface area contributed by atoms with E-state index in [0.717, 1.165) is 31.2 Å². The molecule has 3 N–H and O–H groups in total. The lowest BCUT2D eigenvalue weighted by molar-refractivity contribution is -0.138. The molecule has 2 amide bonds. The highest BCUT2D eigenvalue weighted by atomic mass is 16.5. The van der Waals surface area contributed by atoms with E-state index in [1.54, 1.807) is 6.08 Å². The van der Waals surface area contributed by atoms with Crippen molar-refractivity contribution < 1.29 is 24.5 Å². The van der Waals surface area contributed by atoms with Crippen LogP contribution in [-0.4, -0.2) is 64.9 Å². The summed E-state index contributed by atoms with van der Waals surface area (Å²) in [6.07, 6.45) is 8.09. The maximum atomic E-state index is 13.4. The zero-order valence-electron chi connectivity index (χ0n) is 20.1. The van der Waals surface area contributed by atoms with Crippen molar-refractivity contribution in [1.29, 1.82) is 0 Å². The van der Waals surface area contributed by atoms with Gasteiger partial charge < -0.3 is 25.2 Å². The molecule has 0 spiro atoms. The van der Waals surface area contributed by atoms with Crippen LogP contribution in [0.3, 0.4) is 0 Å². The van der Waals surface area contributed by atoms with E-state index in [1.165, 1.54) is 19.3 Å². The highest BCUT2D eigenvalue weighted by Crippen LogP contribution is 2.47. The van der Waals surface area contributed by atoms with Crippen molar-refractivity contribution in [2.75, 3.05) is 19.7 Å². The zero-order chi connectivity index (χ0) is 24.1. The van der Waals surface area contributed by atoms with Crippen molar-refractivity contribution in [3.63, 3.8) is 0 Å². The molecule has 2 aliphatic carbocycles. The lowest BCUT2D eigenvalue weighted by atomic mass is 9.77. The fourth-order valence-electron chi connectivity index (χ4n) is 5.70. The molecule has 1 aliphatic heterocycles. The van der Waals surface area contributed by atoms with Crippen LogP contribution in [0.4, 0.5) is 0 Å². The van der Waals surface area contributed by atoms with Gasteiger partial charge in [-0.1, -0.05) is 50.8 Å². The summed E-state index contributed by atoms with van der Waals surface area (Å²) in [5, 5.41) is 23.5. The minimum Gasteiger partial charge on any atom is -0.486 e. The molecule has 1 saturated carbocycles. The number of amides is 2. The van der Waals surface area contributed by atoms with E-state index in [1.807, 2.05) is 29.2 Å². The molecule has 3 aliphatic rings. The third-order valence-electron chi connectivity index (χ3n) is 7.48. The maximum Gasteiger partial charge on any atom is 0.247 e. The van der Waals surface area contributed by atoms with Crippen LogP contribution in [0.5, 0.6) is 5.75 Å². The van der Waals surface area contributed by atoms with Crippen LogP contribution in [0.25, 0.3) is 0 Å². The molecule has 0 bridgehead atoms. The topological polar surface area (TPSA) is 99.1 Å². The first-order valence-electron chi connectivity index (χ1n) is 12.9. The van der Waals surface area contributed by atoms with Crippen molar-refractivity contribution in [2.45, 2.75) is 82.5 Å². The number of nitrogens with one attached hydrogen (secondary N) is 1. The normalized spacial score (nSPS) is 26.1. The number of hydrogen-bond acceptors (Lipinski definition) is 5. The average molecular weight is 471 g/mol. The number of nitrogens with zero attached hydrogens (tertiary/aromatic N) is 1. The maximum absolute atomic E-state index is 13.4. The third kappa shape index (κ3) is 5.15. The van der Waals surface area contributed by atoms with E-state index < -0.39 is 24.2 Å². The van der Waals surface area contributed by atoms with Gasteiger partial charge in [0.2, 0.25) is 11.8 Å². The van der Waals surface area contributed by atoms with Gasteiger partial charge >= 0.3 is 0 Å². The lowest BCUT2D eigenvalue weighted by Crippen LogP contribution is -2.56. The Hall–Kier alpha value is -2.38. The molecular weight excluding hydrogens is 432 g/mol. The van der Waals surface area contributed by atoms with E-state index in [4.69, 9.17) is 4.74 Å². The summed E-state index contributed by atoms with van der Waals surface area (Å²) in [5.74, 6) is 0.389. The van der Waals surface area contributed by atoms with Gasteiger partial charge in [-0.05, 0) is 37.3 Å². The number of carbonyl (C=O) groups is 2. The number of aliphatic hydroxyl groups is 2. The molecule has 0 saturated heterocycles. The third-order valence-corrected chi connectivity index (χ3v) is 7.48. The second-order valence-corrected chi connectivity index (χ2v) is 9.83. The molecule has 1 fully saturated rings. The molecule has 4 rings (SSSR count). The van der Waals surface area contributed by atoms with Crippen LogP contribution in [-0.2, 0) is 9.59 Å². The summed E-state index contributed by atoms with van der Waals surface area (Å²) >= 11 is 0. The van der Waals surface area contributed by atoms with Crippen molar-refractivity contribution in [2.24, 2.45) is 5.92 Å². The second kappa shape index (κ2) is 11.4. The number of carbonyl (C=O) groups excluding carboxylic acids is 2. The zero-order valence-corrected chi connectivity index (χ0v) is 20.1. The highest BCUT2D eigenvalue weighted by molar-refractivity contribution is 5.96.